The molecule has 0 unspecified atom stereocenters. The molecule has 66 valence electrons. The molecular weight excluding hydrogens is 158 g/mol. The van der Waals surface area contributed by atoms with Crippen LogP contribution in [0.4, 0.5) is 5.82 Å². The molecule has 5 heteroatoms. The number of hydrogen-bond donors (Lipinski definition) is 1. The average Bonchev–Trinajstić information content (AvgIpc) is 2.37. The number of carbonyl (C=O) groups is 1. The van der Waals surface area contributed by atoms with E-state index >= 15 is 0 Å². The summed E-state index contributed by atoms with van der Waals surface area (Å²) in [6.45, 7) is 2.21. The van der Waals surface area contributed by atoms with Crippen LogP contribution in [0, 0.1) is 0 Å². The van der Waals surface area contributed by atoms with Gasteiger partial charge >= 0.3 is 5.97 Å². The van der Waals surface area contributed by atoms with Crippen molar-refractivity contribution in [2.75, 3.05) is 12.3 Å². The Labute approximate surface area is 70.1 Å². The fourth-order valence-electron chi connectivity index (χ4n) is 0.804. The van der Waals surface area contributed by atoms with E-state index in [0.717, 1.165) is 0 Å². The molecular formula is C7H11N3O2. The van der Waals surface area contributed by atoms with Gasteiger partial charge in [0.25, 0.3) is 0 Å². The number of ether oxygens (including phenoxy) is 1. The zero-order valence-corrected chi connectivity index (χ0v) is 6.86. The van der Waals surface area contributed by atoms with Crippen molar-refractivity contribution < 1.29 is 9.53 Å². The maximum atomic E-state index is 10.9. The molecule has 0 spiro atoms. The summed E-state index contributed by atoms with van der Waals surface area (Å²) >= 11 is 0. The first-order valence-electron chi connectivity index (χ1n) is 3.67. The van der Waals surface area contributed by atoms with Crippen LogP contribution in [0.3, 0.4) is 0 Å². The van der Waals surface area contributed by atoms with E-state index in [2.05, 4.69) is 5.10 Å². The summed E-state index contributed by atoms with van der Waals surface area (Å²) in [5, 5.41) is 3.83. The molecule has 2 N–H and O–H groups in total. The molecule has 1 rings (SSSR count). The normalized spacial score (nSPS) is 9.75. The maximum Gasteiger partial charge on any atom is 0.327 e. The van der Waals surface area contributed by atoms with Crippen LogP contribution >= 0.6 is 0 Å². The lowest BCUT2D eigenvalue weighted by molar-refractivity contribution is -0.143. The first-order chi connectivity index (χ1) is 5.74. The number of nitrogen functional groups attached to an aromatic ring is 1. The predicted octanol–water partition coefficient (Wildman–Crippen LogP) is 0.0284. The van der Waals surface area contributed by atoms with Crippen molar-refractivity contribution in [2.45, 2.75) is 13.5 Å². The lowest BCUT2D eigenvalue weighted by atomic mass is 10.6. The molecule has 0 aromatic carbocycles. The van der Waals surface area contributed by atoms with E-state index in [1.54, 1.807) is 13.0 Å². The smallest absolute Gasteiger partial charge is 0.327 e. The Kier molecular flexibility index (Phi) is 2.68. The van der Waals surface area contributed by atoms with Crippen LogP contribution in [0.5, 0.6) is 0 Å². The fourth-order valence-corrected chi connectivity index (χ4v) is 0.804. The van der Waals surface area contributed by atoms with Crippen molar-refractivity contribution in [2.24, 2.45) is 0 Å². The Morgan fingerprint density at radius 2 is 2.58 bits per heavy atom. The molecule has 1 aromatic rings. The molecule has 0 amide bonds. The minimum Gasteiger partial charge on any atom is -0.465 e. The number of anilines is 1. The van der Waals surface area contributed by atoms with Gasteiger partial charge in [0.2, 0.25) is 0 Å². The summed E-state index contributed by atoms with van der Waals surface area (Å²) < 4.78 is 6.10. The van der Waals surface area contributed by atoms with Gasteiger partial charge in [-0.05, 0) is 13.0 Å². The Morgan fingerprint density at radius 1 is 1.83 bits per heavy atom. The zero-order valence-electron chi connectivity index (χ0n) is 6.86. The van der Waals surface area contributed by atoms with Gasteiger partial charge in [-0.1, -0.05) is 0 Å². The second kappa shape index (κ2) is 3.75. The number of hydrogen-bond acceptors (Lipinski definition) is 4. The Morgan fingerprint density at radius 3 is 3.08 bits per heavy atom. The summed E-state index contributed by atoms with van der Waals surface area (Å²) in [6.07, 6.45) is 1.54. The van der Waals surface area contributed by atoms with Gasteiger partial charge in [0.15, 0.2) is 0 Å². The van der Waals surface area contributed by atoms with Crippen LogP contribution in [-0.2, 0) is 16.1 Å². The van der Waals surface area contributed by atoms with Gasteiger partial charge < -0.3 is 10.5 Å². The monoisotopic (exact) mass is 169 g/mol. The standard InChI is InChI=1S/C7H11N3O2/c1-2-12-7(11)5-10-6(8)3-4-9-10/h3-4H,2,5,8H2,1H3. The van der Waals surface area contributed by atoms with Crippen LogP contribution in [-0.4, -0.2) is 22.4 Å². The lowest BCUT2D eigenvalue weighted by Crippen LogP contribution is -2.15. The first-order valence-corrected chi connectivity index (χ1v) is 3.67. The topological polar surface area (TPSA) is 70.1 Å². The number of nitrogens with two attached hydrogens (primary N) is 1. The van der Waals surface area contributed by atoms with Gasteiger partial charge in [0.1, 0.15) is 12.4 Å². The highest BCUT2D eigenvalue weighted by atomic mass is 16.5. The molecule has 1 heterocycles. The van der Waals surface area contributed by atoms with E-state index in [9.17, 15) is 4.79 Å². The van der Waals surface area contributed by atoms with Gasteiger partial charge in [-0.2, -0.15) is 5.10 Å². The van der Waals surface area contributed by atoms with Crippen LogP contribution in [0.25, 0.3) is 0 Å². The number of rotatable bonds is 3. The second-order valence-corrected chi connectivity index (χ2v) is 2.22. The van der Waals surface area contributed by atoms with Crippen molar-refractivity contribution in [1.82, 2.24) is 9.78 Å². The quantitative estimate of drug-likeness (QED) is 0.648. The van der Waals surface area contributed by atoms with Crippen LogP contribution < -0.4 is 5.73 Å². The largest absolute Gasteiger partial charge is 0.465 e. The van der Waals surface area contributed by atoms with Crippen molar-refractivity contribution in [3.63, 3.8) is 0 Å². The Balaban J connectivity index is 2.52. The van der Waals surface area contributed by atoms with Gasteiger partial charge in [-0.25, -0.2) is 4.68 Å². The van der Waals surface area contributed by atoms with Crippen LogP contribution in [0.2, 0.25) is 0 Å². The molecule has 0 aliphatic heterocycles. The number of esters is 1. The molecule has 0 atom stereocenters. The van der Waals surface area contributed by atoms with Gasteiger partial charge in [0.05, 0.1) is 12.8 Å². The summed E-state index contributed by atoms with van der Waals surface area (Å²) in [4.78, 5) is 10.9. The molecule has 0 fully saturated rings. The molecule has 0 aliphatic rings. The average molecular weight is 169 g/mol. The highest BCUT2D eigenvalue weighted by Crippen LogP contribution is 1.99. The van der Waals surface area contributed by atoms with E-state index in [1.807, 2.05) is 0 Å². The Hall–Kier alpha value is -1.52. The fraction of sp³-hybridized carbons (Fsp3) is 0.429. The summed E-state index contributed by atoms with van der Waals surface area (Å²) in [5.74, 6) is 0.135. The predicted molar refractivity (Wildman–Crippen MR) is 43.3 cm³/mol. The van der Waals surface area contributed by atoms with E-state index in [0.29, 0.717) is 12.4 Å². The highest BCUT2D eigenvalue weighted by Gasteiger charge is 2.05. The maximum absolute atomic E-state index is 10.9. The minimum absolute atomic E-state index is 0.0761. The van der Waals surface area contributed by atoms with E-state index in [4.69, 9.17) is 10.5 Å². The molecule has 5 nitrogen and oxygen atoms in total. The van der Waals surface area contributed by atoms with Gasteiger partial charge in [-0.3, -0.25) is 4.79 Å². The molecule has 0 saturated carbocycles. The third-order valence-corrected chi connectivity index (χ3v) is 1.33. The lowest BCUT2D eigenvalue weighted by Gasteiger charge is -2.02. The molecule has 0 radical (unpaired) electrons. The number of carbonyl (C=O) groups excluding carboxylic acids is 1. The summed E-state index contributed by atoms with van der Waals surface area (Å²) in [5.41, 5.74) is 5.48. The SMILES string of the molecule is CCOC(=O)Cn1nccc1N. The van der Waals surface area contributed by atoms with Crippen molar-refractivity contribution in [3.05, 3.63) is 12.3 Å². The molecule has 0 saturated heterocycles. The van der Waals surface area contributed by atoms with Crippen molar-refractivity contribution in [3.8, 4) is 0 Å². The van der Waals surface area contributed by atoms with Crippen molar-refractivity contribution >= 4 is 11.8 Å². The first kappa shape index (κ1) is 8.58. The van der Waals surface area contributed by atoms with Gasteiger partial charge in [0, 0.05) is 0 Å². The van der Waals surface area contributed by atoms with E-state index in [1.165, 1.54) is 10.9 Å². The van der Waals surface area contributed by atoms with Crippen LogP contribution in [0.15, 0.2) is 12.3 Å². The van der Waals surface area contributed by atoms with Crippen LogP contribution in [0.1, 0.15) is 6.92 Å². The second-order valence-electron chi connectivity index (χ2n) is 2.22. The highest BCUT2D eigenvalue weighted by molar-refractivity contribution is 5.69. The number of aromatic nitrogens is 2. The summed E-state index contributed by atoms with van der Waals surface area (Å²) in [6, 6.07) is 1.62. The third-order valence-electron chi connectivity index (χ3n) is 1.33. The molecule has 0 aliphatic carbocycles. The molecule has 1 aromatic heterocycles. The van der Waals surface area contributed by atoms with Crippen molar-refractivity contribution in [1.29, 1.82) is 0 Å². The Bertz CT molecular complexity index is 269. The minimum atomic E-state index is -0.326. The van der Waals surface area contributed by atoms with E-state index < -0.39 is 0 Å². The summed E-state index contributed by atoms with van der Waals surface area (Å²) in [7, 11) is 0. The molecule has 0 bridgehead atoms. The van der Waals surface area contributed by atoms with E-state index in [-0.39, 0.29) is 12.5 Å². The third kappa shape index (κ3) is 1.98. The zero-order chi connectivity index (χ0) is 8.97. The van der Waals surface area contributed by atoms with Gasteiger partial charge in [-0.15, -0.1) is 0 Å². The number of nitrogens with zero attached hydrogens (tertiary/aromatic N) is 2. The molecule has 12 heavy (non-hydrogen) atoms.